The number of fused-ring (bicyclic) bond motifs is 2. The molecule has 4 heterocycles. The first kappa shape index (κ1) is 19.5. The first-order chi connectivity index (χ1) is 15.6. The highest BCUT2D eigenvalue weighted by Gasteiger charge is 2.46. The van der Waals surface area contributed by atoms with Gasteiger partial charge in [-0.15, -0.1) is 11.3 Å². The molecule has 0 bridgehead atoms. The highest BCUT2D eigenvalue weighted by atomic mass is 32.1. The van der Waals surface area contributed by atoms with Crippen molar-refractivity contribution in [2.45, 2.75) is 25.3 Å². The van der Waals surface area contributed by atoms with Crippen molar-refractivity contribution >= 4 is 33.9 Å². The Morgan fingerprint density at radius 3 is 2.78 bits per heavy atom. The molecule has 8 heteroatoms. The number of rotatable bonds is 3. The average molecular weight is 445 g/mol. The van der Waals surface area contributed by atoms with Gasteiger partial charge in [0.1, 0.15) is 5.39 Å². The van der Waals surface area contributed by atoms with Crippen LogP contribution in [0.5, 0.6) is 0 Å². The van der Waals surface area contributed by atoms with Gasteiger partial charge in [-0.05, 0) is 47.3 Å². The minimum absolute atomic E-state index is 0.0625. The third-order valence-electron chi connectivity index (χ3n) is 7.18. The minimum Gasteiger partial charge on any atom is -0.342 e. The number of H-pyrrole nitrogens is 2. The number of nitrogens with two attached hydrogens (primary N) is 1. The van der Waals surface area contributed by atoms with Crippen molar-refractivity contribution in [2.24, 2.45) is 11.1 Å². The zero-order valence-corrected chi connectivity index (χ0v) is 18.4. The van der Waals surface area contributed by atoms with Crippen LogP contribution in [0.15, 0.2) is 53.2 Å². The molecular weight excluding hydrogens is 420 g/mol. The van der Waals surface area contributed by atoms with E-state index in [-0.39, 0.29) is 17.0 Å². The molecule has 32 heavy (non-hydrogen) atoms. The fraction of sp³-hybridized carbons (Fsp3) is 0.292. The number of aromatic nitrogens is 4. The number of nitrogens with one attached hydrogen (secondary N) is 2. The molecule has 2 aliphatic rings. The van der Waals surface area contributed by atoms with Crippen LogP contribution in [-0.2, 0) is 6.42 Å². The van der Waals surface area contributed by atoms with Gasteiger partial charge in [0.25, 0.3) is 5.56 Å². The van der Waals surface area contributed by atoms with Gasteiger partial charge in [0, 0.05) is 29.6 Å². The Morgan fingerprint density at radius 1 is 1.22 bits per heavy atom. The molecule has 1 fully saturated rings. The average Bonchev–Trinajstić information content (AvgIpc) is 3.54. The lowest BCUT2D eigenvalue weighted by Crippen LogP contribution is -2.45. The van der Waals surface area contributed by atoms with E-state index in [0.29, 0.717) is 22.7 Å². The van der Waals surface area contributed by atoms with Crippen LogP contribution >= 0.6 is 11.3 Å². The van der Waals surface area contributed by atoms with Gasteiger partial charge in [0.05, 0.1) is 5.69 Å². The summed E-state index contributed by atoms with van der Waals surface area (Å²) >= 11 is 1.58. The molecular formula is C24H24N6OS. The van der Waals surface area contributed by atoms with E-state index in [4.69, 9.17) is 5.73 Å². The van der Waals surface area contributed by atoms with Crippen LogP contribution in [0.1, 0.15) is 40.6 Å². The third kappa shape index (κ3) is 2.87. The molecule has 1 saturated heterocycles. The summed E-state index contributed by atoms with van der Waals surface area (Å²) in [5, 5.41) is 9.72. The molecule has 4 aromatic rings. The molecule has 0 unspecified atom stereocenters. The minimum atomic E-state index is -0.197. The van der Waals surface area contributed by atoms with Crippen LogP contribution in [0.3, 0.4) is 0 Å². The smallest absolute Gasteiger partial charge is 0.264 e. The van der Waals surface area contributed by atoms with E-state index in [2.05, 4.69) is 55.9 Å². The van der Waals surface area contributed by atoms with Crippen LogP contribution in [0, 0.1) is 5.41 Å². The summed E-state index contributed by atoms with van der Waals surface area (Å²) in [6, 6.07) is 12.5. The first-order valence-electron chi connectivity index (χ1n) is 10.9. The second kappa shape index (κ2) is 7.15. The topological polar surface area (TPSA) is 104 Å². The zero-order chi connectivity index (χ0) is 21.9. The predicted molar refractivity (Wildman–Crippen MR) is 128 cm³/mol. The number of anilines is 1. The summed E-state index contributed by atoms with van der Waals surface area (Å²) in [5.74, 6) is 0.571. The monoisotopic (exact) mass is 444 g/mol. The summed E-state index contributed by atoms with van der Waals surface area (Å²) in [6.07, 6.45) is 2.95. The molecule has 0 amide bonds. The van der Waals surface area contributed by atoms with Gasteiger partial charge in [0.15, 0.2) is 5.65 Å². The number of hydrogen-bond donors (Lipinski definition) is 3. The van der Waals surface area contributed by atoms with E-state index in [1.54, 1.807) is 11.3 Å². The maximum absolute atomic E-state index is 13.0. The molecule has 1 atom stereocenters. The Morgan fingerprint density at radius 2 is 2.03 bits per heavy atom. The number of hydrogen-bond acceptors (Lipinski definition) is 6. The molecule has 1 spiro atoms. The molecule has 1 aliphatic heterocycles. The van der Waals surface area contributed by atoms with Crippen molar-refractivity contribution in [1.29, 1.82) is 0 Å². The van der Waals surface area contributed by atoms with Crippen molar-refractivity contribution in [3.05, 3.63) is 80.4 Å². The molecule has 0 saturated carbocycles. The normalized spacial score (nSPS) is 19.5. The van der Waals surface area contributed by atoms with Gasteiger partial charge in [-0.1, -0.05) is 36.9 Å². The van der Waals surface area contributed by atoms with Gasteiger partial charge in [-0.25, -0.2) is 0 Å². The number of thiophene rings is 1. The highest BCUT2D eigenvalue weighted by molar-refractivity contribution is 7.11. The summed E-state index contributed by atoms with van der Waals surface area (Å²) in [6.45, 7) is 5.75. The summed E-state index contributed by atoms with van der Waals surface area (Å²) in [5.41, 5.74) is 11.0. The molecule has 0 radical (unpaired) electrons. The number of nitrogens with zero attached hydrogens (tertiary/aromatic N) is 3. The van der Waals surface area contributed by atoms with Crippen LogP contribution < -0.4 is 16.2 Å². The highest BCUT2D eigenvalue weighted by Crippen LogP contribution is 2.50. The van der Waals surface area contributed by atoms with Gasteiger partial charge in [0.2, 0.25) is 5.95 Å². The summed E-state index contributed by atoms with van der Waals surface area (Å²) < 4.78 is 0. The van der Waals surface area contributed by atoms with Gasteiger partial charge < -0.3 is 10.6 Å². The SMILES string of the molecule is C=C(c1cccs1)c1[nH]nc2nc(N3CCC4(CC3)Cc3ccccc3[C@H]4N)[nH]c(=O)c12. The summed E-state index contributed by atoms with van der Waals surface area (Å²) in [4.78, 5) is 23.8. The maximum Gasteiger partial charge on any atom is 0.264 e. The molecule has 4 N–H and O–H groups in total. The lowest BCUT2D eigenvalue weighted by molar-refractivity contribution is 0.187. The fourth-order valence-electron chi connectivity index (χ4n) is 5.33. The fourth-order valence-corrected chi connectivity index (χ4v) is 6.04. The molecule has 3 aromatic heterocycles. The van der Waals surface area contributed by atoms with Crippen molar-refractivity contribution in [1.82, 2.24) is 20.2 Å². The number of piperidine rings is 1. The van der Waals surface area contributed by atoms with E-state index in [1.165, 1.54) is 11.1 Å². The van der Waals surface area contributed by atoms with Gasteiger partial charge in [-0.3, -0.25) is 14.9 Å². The predicted octanol–water partition coefficient (Wildman–Crippen LogP) is 3.61. The van der Waals surface area contributed by atoms with Crippen molar-refractivity contribution in [3.63, 3.8) is 0 Å². The Kier molecular flexibility index (Phi) is 4.34. The van der Waals surface area contributed by atoms with Crippen molar-refractivity contribution < 1.29 is 0 Å². The molecule has 1 aliphatic carbocycles. The Bertz CT molecular complexity index is 1380. The standard InChI is InChI=1S/C24H24N6OS/c1-14(17-7-4-12-32-17)19-18-21(29-28-19)26-23(27-22(18)31)30-10-8-24(9-11-30)13-15-5-2-3-6-16(15)20(24)25/h2-7,12,20H,1,8-11,13,25H2,(H2,26,27,28,29,31)/t20-/m1/s1. The Hall–Kier alpha value is -3.23. The largest absolute Gasteiger partial charge is 0.342 e. The van der Waals surface area contributed by atoms with Crippen LogP contribution in [0.4, 0.5) is 5.95 Å². The Balaban J connectivity index is 1.26. The molecule has 7 nitrogen and oxygen atoms in total. The lowest BCUT2D eigenvalue weighted by atomic mass is 9.73. The first-order valence-corrected chi connectivity index (χ1v) is 11.7. The summed E-state index contributed by atoms with van der Waals surface area (Å²) in [7, 11) is 0. The molecule has 1 aromatic carbocycles. The second-order valence-corrected chi connectivity index (χ2v) is 9.79. The lowest BCUT2D eigenvalue weighted by Gasteiger charge is -2.42. The second-order valence-electron chi connectivity index (χ2n) is 8.85. The van der Waals surface area contributed by atoms with E-state index in [1.807, 2.05) is 17.5 Å². The van der Waals surface area contributed by atoms with Gasteiger partial charge in [-0.2, -0.15) is 10.1 Å². The quantitative estimate of drug-likeness (QED) is 0.448. The number of benzene rings is 1. The van der Waals surface area contributed by atoms with E-state index < -0.39 is 0 Å². The zero-order valence-electron chi connectivity index (χ0n) is 17.6. The molecule has 6 rings (SSSR count). The van der Waals surface area contributed by atoms with Crippen LogP contribution in [-0.4, -0.2) is 33.3 Å². The van der Waals surface area contributed by atoms with Crippen LogP contribution in [0.2, 0.25) is 0 Å². The van der Waals surface area contributed by atoms with Crippen molar-refractivity contribution in [2.75, 3.05) is 18.0 Å². The van der Waals surface area contributed by atoms with E-state index in [0.717, 1.165) is 42.8 Å². The molecule has 162 valence electrons. The maximum atomic E-state index is 13.0. The number of aromatic amines is 2. The van der Waals surface area contributed by atoms with E-state index in [9.17, 15) is 4.79 Å². The van der Waals surface area contributed by atoms with Gasteiger partial charge >= 0.3 is 0 Å². The Labute approximate surface area is 189 Å². The van der Waals surface area contributed by atoms with Crippen molar-refractivity contribution in [3.8, 4) is 0 Å². The van der Waals surface area contributed by atoms with E-state index >= 15 is 0 Å². The van der Waals surface area contributed by atoms with Crippen LogP contribution in [0.25, 0.3) is 16.6 Å². The third-order valence-corrected chi connectivity index (χ3v) is 8.11.